The van der Waals surface area contributed by atoms with E-state index in [1.54, 1.807) is 4.68 Å². The lowest BCUT2D eigenvalue weighted by Gasteiger charge is -2.10. The van der Waals surface area contributed by atoms with Gasteiger partial charge in [-0.25, -0.2) is 0 Å². The molecule has 114 valence electrons. The molecule has 1 aliphatic heterocycles. The van der Waals surface area contributed by atoms with Crippen molar-refractivity contribution < 1.29 is 14.6 Å². The van der Waals surface area contributed by atoms with E-state index in [1.165, 1.54) is 6.42 Å². The first-order chi connectivity index (χ1) is 9.88. The zero-order chi connectivity index (χ0) is 14.0. The lowest BCUT2D eigenvalue weighted by molar-refractivity contribution is 0.0166. The second-order valence-electron chi connectivity index (χ2n) is 5.08. The summed E-state index contributed by atoms with van der Waals surface area (Å²) < 4.78 is 12.8. The van der Waals surface area contributed by atoms with Crippen LogP contribution in [0.5, 0.6) is 0 Å². The lowest BCUT2D eigenvalue weighted by atomic mass is 10.2. The average Bonchev–Trinajstić information content (AvgIpc) is 3.10. The van der Waals surface area contributed by atoms with Gasteiger partial charge in [-0.2, -0.15) is 5.10 Å². The number of hydrogen-bond acceptors (Lipinski definition) is 5. The first-order valence-corrected chi connectivity index (χ1v) is 7.41. The molecule has 1 aliphatic rings. The van der Waals surface area contributed by atoms with E-state index < -0.39 is 0 Å². The number of rotatable bonds is 10. The van der Waals surface area contributed by atoms with Crippen LogP contribution in [0.4, 0.5) is 0 Å². The highest BCUT2D eigenvalue weighted by Gasteiger charge is 2.14. The zero-order valence-corrected chi connectivity index (χ0v) is 12.0. The average molecular weight is 283 g/mol. The molecule has 0 saturated carbocycles. The molecular weight excluding hydrogens is 258 g/mol. The smallest absolute Gasteiger partial charge is 0.0809 e. The highest BCUT2D eigenvalue weighted by molar-refractivity contribution is 5.03. The van der Waals surface area contributed by atoms with Crippen molar-refractivity contribution in [3.8, 4) is 0 Å². The number of nitrogens with zero attached hydrogens (tertiary/aromatic N) is 2. The third-order valence-corrected chi connectivity index (χ3v) is 3.31. The molecule has 0 aromatic carbocycles. The number of aliphatic hydroxyl groups excluding tert-OH is 1. The van der Waals surface area contributed by atoms with Crippen LogP contribution in [0.15, 0.2) is 12.4 Å². The van der Waals surface area contributed by atoms with Crippen LogP contribution in [0.3, 0.4) is 0 Å². The van der Waals surface area contributed by atoms with E-state index in [0.29, 0.717) is 12.6 Å². The molecule has 1 aromatic heterocycles. The maximum Gasteiger partial charge on any atom is 0.0809 e. The van der Waals surface area contributed by atoms with Crippen LogP contribution in [0.1, 0.15) is 24.8 Å². The van der Waals surface area contributed by atoms with Crippen LogP contribution in [0.25, 0.3) is 0 Å². The summed E-state index contributed by atoms with van der Waals surface area (Å²) >= 11 is 0. The van der Waals surface area contributed by atoms with Crippen LogP contribution in [0, 0.1) is 0 Å². The van der Waals surface area contributed by atoms with Crippen molar-refractivity contribution in [3.63, 3.8) is 0 Å². The topological polar surface area (TPSA) is 68.5 Å². The van der Waals surface area contributed by atoms with Gasteiger partial charge in [0, 0.05) is 31.5 Å². The van der Waals surface area contributed by atoms with Gasteiger partial charge < -0.3 is 19.9 Å². The number of ether oxygens (including phenoxy) is 2. The fourth-order valence-electron chi connectivity index (χ4n) is 2.24. The van der Waals surface area contributed by atoms with Crippen molar-refractivity contribution in [2.45, 2.75) is 38.5 Å². The maximum atomic E-state index is 8.80. The predicted molar refractivity (Wildman–Crippen MR) is 75.4 cm³/mol. The van der Waals surface area contributed by atoms with Crippen molar-refractivity contribution in [2.75, 3.05) is 33.0 Å². The van der Waals surface area contributed by atoms with E-state index in [-0.39, 0.29) is 6.61 Å². The minimum atomic E-state index is 0.122. The molecule has 0 radical (unpaired) electrons. The fourth-order valence-corrected chi connectivity index (χ4v) is 2.24. The largest absolute Gasteiger partial charge is 0.394 e. The molecule has 0 bridgehead atoms. The lowest BCUT2D eigenvalue weighted by Crippen LogP contribution is -2.18. The molecule has 2 rings (SSSR count). The van der Waals surface area contributed by atoms with Crippen molar-refractivity contribution in [3.05, 3.63) is 18.0 Å². The first-order valence-electron chi connectivity index (χ1n) is 7.41. The third kappa shape index (κ3) is 5.58. The van der Waals surface area contributed by atoms with Gasteiger partial charge in [0.25, 0.3) is 0 Å². The summed E-state index contributed by atoms with van der Waals surface area (Å²) in [6.45, 7) is 4.80. The minimum Gasteiger partial charge on any atom is -0.394 e. The molecular formula is C14H25N3O3. The summed E-state index contributed by atoms with van der Waals surface area (Å²) in [5.41, 5.74) is 1.14. The second kappa shape index (κ2) is 9.07. The second-order valence-corrected chi connectivity index (χ2v) is 5.08. The van der Waals surface area contributed by atoms with Crippen molar-refractivity contribution in [2.24, 2.45) is 0 Å². The molecule has 0 amide bonds. The van der Waals surface area contributed by atoms with Gasteiger partial charge >= 0.3 is 0 Å². The SMILES string of the molecule is OCCn1cc(CNCCCOCC2CCCO2)cn1. The molecule has 1 saturated heterocycles. The standard InChI is InChI=1S/C14H25N3O3/c18-6-5-17-11-13(10-16-17)9-15-4-2-7-19-12-14-3-1-8-20-14/h10-11,14-15,18H,1-9,12H2. The van der Waals surface area contributed by atoms with E-state index in [9.17, 15) is 0 Å². The van der Waals surface area contributed by atoms with E-state index in [1.807, 2.05) is 12.4 Å². The number of hydrogen-bond donors (Lipinski definition) is 2. The quantitative estimate of drug-likeness (QED) is 0.614. The van der Waals surface area contributed by atoms with Crippen molar-refractivity contribution in [1.82, 2.24) is 15.1 Å². The van der Waals surface area contributed by atoms with Crippen molar-refractivity contribution in [1.29, 1.82) is 0 Å². The van der Waals surface area contributed by atoms with Crippen LogP contribution < -0.4 is 5.32 Å². The number of aliphatic hydroxyl groups is 1. The van der Waals surface area contributed by atoms with Gasteiger partial charge in [-0.05, 0) is 25.8 Å². The Bertz CT molecular complexity index is 364. The Hall–Kier alpha value is -0.950. The molecule has 1 atom stereocenters. The van der Waals surface area contributed by atoms with Gasteiger partial charge in [-0.3, -0.25) is 4.68 Å². The van der Waals surface area contributed by atoms with Crippen LogP contribution in [-0.2, 0) is 22.6 Å². The summed E-state index contributed by atoms with van der Waals surface area (Å²) in [6, 6.07) is 0. The Morgan fingerprint density at radius 3 is 3.30 bits per heavy atom. The van der Waals surface area contributed by atoms with Crippen LogP contribution >= 0.6 is 0 Å². The molecule has 1 unspecified atom stereocenters. The molecule has 0 aliphatic carbocycles. The predicted octanol–water partition coefficient (Wildman–Crippen LogP) is 0.551. The highest BCUT2D eigenvalue weighted by Crippen LogP contribution is 2.11. The normalized spacial score (nSPS) is 18.8. The van der Waals surface area contributed by atoms with Gasteiger partial charge in [0.2, 0.25) is 0 Å². The molecule has 1 aromatic rings. The Morgan fingerprint density at radius 2 is 2.50 bits per heavy atom. The fraction of sp³-hybridized carbons (Fsp3) is 0.786. The summed E-state index contributed by atoms with van der Waals surface area (Å²) in [7, 11) is 0. The van der Waals surface area contributed by atoms with Crippen LogP contribution in [0.2, 0.25) is 0 Å². The van der Waals surface area contributed by atoms with Gasteiger partial charge in [0.1, 0.15) is 0 Å². The molecule has 2 heterocycles. The van der Waals surface area contributed by atoms with Gasteiger partial charge in [-0.1, -0.05) is 0 Å². The monoisotopic (exact) mass is 283 g/mol. The summed E-state index contributed by atoms with van der Waals surface area (Å²) in [5, 5.41) is 16.3. The van der Waals surface area contributed by atoms with E-state index in [2.05, 4.69) is 10.4 Å². The maximum absolute atomic E-state index is 8.80. The van der Waals surface area contributed by atoms with Gasteiger partial charge in [-0.15, -0.1) is 0 Å². The molecule has 6 nitrogen and oxygen atoms in total. The van der Waals surface area contributed by atoms with Gasteiger partial charge in [0.15, 0.2) is 0 Å². The molecule has 2 N–H and O–H groups in total. The zero-order valence-electron chi connectivity index (χ0n) is 12.0. The Labute approximate surface area is 120 Å². The summed E-state index contributed by atoms with van der Waals surface area (Å²) in [5.74, 6) is 0. The molecule has 6 heteroatoms. The Morgan fingerprint density at radius 1 is 1.55 bits per heavy atom. The number of nitrogens with one attached hydrogen (secondary N) is 1. The molecule has 0 spiro atoms. The Kier molecular flexibility index (Phi) is 7.00. The van der Waals surface area contributed by atoms with E-state index in [4.69, 9.17) is 14.6 Å². The summed E-state index contributed by atoms with van der Waals surface area (Å²) in [6.07, 6.45) is 7.40. The first kappa shape index (κ1) is 15.4. The third-order valence-electron chi connectivity index (χ3n) is 3.31. The van der Waals surface area contributed by atoms with Crippen molar-refractivity contribution >= 4 is 0 Å². The van der Waals surface area contributed by atoms with E-state index >= 15 is 0 Å². The van der Waals surface area contributed by atoms with E-state index in [0.717, 1.165) is 51.3 Å². The summed E-state index contributed by atoms with van der Waals surface area (Å²) in [4.78, 5) is 0. The number of aromatic nitrogens is 2. The van der Waals surface area contributed by atoms with Gasteiger partial charge in [0.05, 0.1) is 32.1 Å². The molecule has 1 fully saturated rings. The highest BCUT2D eigenvalue weighted by atomic mass is 16.5. The molecule has 20 heavy (non-hydrogen) atoms. The minimum absolute atomic E-state index is 0.122. The van der Waals surface area contributed by atoms with Crippen LogP contribution in [-0.4, -0.2) is 54.0 Å². The Balaban J connectivity index is 1.44.